The lowest BCUT2D eigenvalue weighted by molar-refractivity contribution is 0.0564. The van der Waals surface area contributed by atoms with Gasteiger partial charge < -0.3 is 4.74 Å². The molecule has 0 radical (unpaired) electrons. The molecule has 0 saturated heterocycles. The lowest BCUT2D eigenvalue weighted by atomic mass is 9.83. The van der Waals surface area contributed by atoms with Gasteiger partial charge in [-0.05, 0) is 67.9 Å². The van der Waals surface area contributed by atoms with Gasteiger partial charge in [0.05, 0.1) is 18.3 Å². The summed E-state index contributed by atoms with van der Waals surface area (Å²) in [5.41, 5.74) is 12.1. The molecule has 1 aliphatic rings. The van der Waals surface area contributed by atoms with Crippen molar-refractivity contribution >= 4 is 0 Å². The number of aromatic nitrogens is 2. The second-order valence-corrected chi connectivity index (χ2v) is 9.24. The van der Waals surface area contributed by atoms with Gasteiger partial charge in [0.1, 0.15) is 0 Å². The summed E-state index contributed by atoms with van der Waals surface area (Å²) in [5, 5.41) is 8.13. The van der Waals surface area contributed by atoms with Gasteiger partial charge in [-0.15, -0.1) is 0 Å². The van der Waals surface area contributed by atoms with Crippen LogP contribution in [0.5, 0.6) is 0 Å². The molecule has 0 amide bonds. The Balaban J connectivity index is 1.95. The Bertz CT molecular complexity index is 1040. The van der Waals surface area contributed by atoms with E-state index in [2.05, 4.69) is 81.0 Å². The Kier molecular flexibility index (Phi) is 6.82. The zero-order chi connectivity index (χ0) is 22.8. The van der Waals surface area contributed by atoms with Crippen molar-refractivity contribution in [1.82, 2.24) is 15.1 Å². The third-order valence-corrected chi connectivity index (χ3v) is 7.02. The number of nitrogens with one attached hydrogen (secondary N) is 1. The van der Waals surface area contributed by atoms with Crippen molar-refractivity contribution in [2.24, 2.45) is 0 Å². The van der Waals surface area contributed by atoms with E-state index in [1.165, 1.54) is 50.3 Å². The minimum atomic E-state index is 0.146. The van der Waals surface area contributed by atoms with Gasteiger partial charge in [-0.25, -0.2) is 0 Å². The highest BCUT2D eigenvalue weighted by Gasteiger charge is 2.37. The summed E-state index contributed by atoms with van der Waals surface area (Å²) < 4.78 is 5.76. The number of hydrogen-bond acceptors (Lipinski definition) is 3. The van der Waals surface area contributed by atoms with Gasteiger partial charge in [-0.2, -0.15) is 5.10 Å². The number of benzene rings is 2. The first-order valence-corrected chi connectivity index (χ1v) is 11.9. The summed E-state index contributed by atoms with van der Waals surface area (Å²) in [6.45, 7) is 12.8. The normalized spacial score (nSPS) is 17.4. The van der Waals surface area contributed by atoms with E-state index < -0.39 is 0 Å². The summed E-state index contributed by atoms with van der Waals surface area (Å²) >= 11 is 0. The van der Waals surface area contributed by atoms with Crippen LogP contribution in [0.3, 0.4) is 0 Å². The molecule has 3 aromatic rings. The Labute approximate surface area is 193 Å². The Morgan fingerprint density at radius 1 is 1.03 bits per heavy atom. The van der Waals surface area contributed by atoms with Crippen LogP contribution in [-0.4, -0.2) is 34.9 Å². The van der Waals surface area contributed by atoms with Crippen LogP contribution in [0.4, 0.5) is 0 Å². The maximum absolute atomic E-state index is 5.76. The largest absolute Gasteiger partial charge is 0.383 e. The molecular formula is C28H37N3O. The second-order valence-electron chi connectivity index (χ2n) is 9.24. The molecule has 1 aromatic heterocycles. The number of aryl methyl sites for hydroxylation is 5. The molecule has 4 heteroatoms. The third-order valence-electron chi connectivity index (χ3n) is 7.02. The average Bonchev–Trinajstić information content (AvgIpc) is 3.18. The topological polar surface area (TPSA) is 41.2 Å². The highest BCUT2D eigenvalue weighted by atomic mass is 16.5. The summed E-state index contributed by atoms with van der Waals surface area (Å²) in [6, 6.07) is 14.0. The molecule has 0 spiro atoms. The molecule has 2 heterocycles. The number of methoxy groups -OCH3 is 1. The van der Waals surface area contributed by atoms with Crippen LogP contribution in [0.25, 0.3) is 0 Å². The zero-order valence-corrected chi connectivity index (χ0v) is 20.5. The minimum absolute atomic E-state index is 0.146. The number of hydrogen-bond donors (Lipinski definition) is 1. The number of fused-ring (bicyclic) bond motifs is 1. The number of nitrogens with zero attached hydrogens (tertiary/aromatic N) is 2. The lowest BCUT2D eigenvalue weighted by Crippen LogP contribution is -2.46. The standard InChI is InChI=1S/C28H37N3O/c1-7-24-27(25(8-2)30-29-24)28(26-19(4)13-18(3)14-20(26)5)31-16-22-12-10-9-11-21(22)15-23(31)17-32-6/h9-14,23,28H,7-8,15-17H2,1-6H3,(H,29,30)/t23-,28?/m1/s1. The van der Waals surface area contributed by atoms with E-state index in [9.17, 15) is 0 Å². The summed E-state index contributed by atoms with van der Waals surface area (Å²) in [4.78, 5) is 2.68. The highest BCUT2D eigenvalue weighted by molar-refractivity contribution is 5.47. The molecule has 0 saturated carbocycles. The fraction of sp³-hybridized carbons (Fsp3) is 0.464. The second kappa shape index (κ2) is 9.60. The van der Waals surface area contributed by atoms with Crippen molar-refractivity contribution < 1.29 is 4.74 Å². The first-order valence-electron chi connectivity index (χ1n) is 11.9. The molecule has 0 fully saturated rings. The fourth-order valence-corrected chi connectivity index (χ4v) is 5.65. The Hall–Kier alpha value is -2.43. The maximum atomic E-state index is 5.76. The van der Waals surface area contributed by atoms with Crippen molar-refractivity contribution in [3.63, 3.8) is 0 Å². The van der Waals surface area contributed by atoms with Gasteiger partial charge in [0.25, 0.3) is 0 Å². The molecule has 32 heavy (non-hydrogen) atoms. The average molecular weight is 432 g/mol. The Morgan fingerprint density at radius 3 is 2.34 bits per heavy atom. The van der Waals surface area contributed by atoms with Crippen LogP contribution in [-0.2, 0) is 30.5 Å². The van der Waals surface area contributed by atoms with Gasteiger partial charge in [-0.3, -0.25) is 10.00 Å². The van der Waals surface area contributed by atoms with Gasteiger partial charge >= 0.3 is 0 Å². The molecule has 0 aliphatic carbocycles. The van der Waals surface area contributed by atoms with Crippen LogP contribution >= 0.6 is 0 Å². The molecule has 1 unspecified atom stereocenters. The predicted octanol–water partition coefficient (Wildman–Crippen LogP) is 5.62. The van der Waals surface area contributed by atoms with Crippen LogP contribution in [0.1, 0.15) is 70.2 Å². The molecule has 170 valence electrons. The molecular weight excluding hydrogens is 394 g/mol. The quantitative estimate of drug-likeness (QED) is 0.528. The Morgan fingerprint density at radius 2 is 1.72 bits per heavy atom. The molecule has 4 nitrogen and oxygen atoms in total. The first-order chi connectivity index (χ1) is 15.5. The van der Waals surface area contributed by atoms with E-state index >= 15 is 0 Å². The molecule has 0 bridgehead atoms. The van der Waals surface area contributed by atoms with E-state index in [1.54, 1.807) is 0 Å². The minimum Gasteiger partial charge on any atom is -0.383 e. The smallest absolute Gasteiger partial charge is 0.0673 e. The molecule has 2 aromatic carbocycles. The number of ether oxygens (including phenoxy) is 1. The van der Waals surface area contributed by atoms with Crippen LogP contribution in [0, 0.1) is 20.8 Å². The number of H-pyrrole nitrogens is 1. The van der Waals surface area contributed by atoms with Crippen LogP contribution in [0.2, 0.25) is 0 Å². The van der Waals surface area contributed by atoms with Gasteiger partial charge in [0.15, 0.2) is 0 Å². The molecule has 1 aliphatic heterocycles. The maximum Gasteiger partial charge on any atom is 0.0673 e. The van der Waals surface area contributed by atoms with E-state index in [4.69, 9.17) is 9.84 Å². The van der Waals surface area contributed by atoms with Crippen molar-refractivity contribution in [3.8, 4) is 0 Å². The van der Waals surface area contributed by atoms with E-state index in [0.29, 0.717) is 6.04 Å². The molecule has 2 atom stereocenters. The summed E-state index contributed by atoms with van der Waals surface area (Å²) in [5.74, 6) is 0. The monoisotopic (exact) mass is 431 g/mol. The van der Waals surface area contributed by atoms with E-state index in [0.717, 1.165) is 32.4 Å². The molecule has 4 rings (SSSR count). The molecule has 1 N–H and O–H groups in total. The van der Waals surface area contributed by atoms with Gasteiger partial charge in [0, 0.05) is 31.0 Å². The first kappa shape index (κ1) is 22.8. The number of rotatable bonds is 7. The van der Waals surface area contributed by atoms with Crippen molar-refractivity contribution in [1.29, 1.82) is 0 Å². The SMILES string of the molecule is CCc1n[nH]c(CC)c1C(c1c(C)cc(C)cc1C)N1Cc2ccccc2C[C@@H]1COC. The number of aromatic amines is 1. The van der Waals surface area contributed by atoms with Crippen molar-refractivity contribution in [2.75, 3.05) is 13.7 Å². The third kappa shape index (κ3) is 4.14. The predicted molar refractivity (Wildman–Crippen MR) is 131 cm³/mol. The van der Waals surface area contributed by atoms with Crippen molar-refractivity contribution in [2.45, 2.75) is 72.5 Å². The van der Waals surface area contributed by atoms with Gasteiger partial charge in [-0.1, -0.05) is 55.8 Å². The van der Waals surface area contributed by atoms with E-state index in [-0.39, 0.29) is 6.04 Å². The highest BCUT2D eigenvalue weighted by Crippen LogP contribution is 2.41. The zero-order valence-electron chi connectivity index (χ0n) is 20.5. The fourth-order valence-electron chi connectivity index (χ4n) is 5.65. The lowest BCUT2D eigenvalue weighted by Gasteiger charge is -2.43. The van der Waals surface area contributed by atoms with Crippen LogP contribution in [0.15, 0.2) is 36.4 Å². The summed E-state index contributed by atoms with van der Waals surface area (Å²) in [6.07, 6.45) is 2.87. The summed E-state index contributed by atoms with van der Waals surface area (Å²) in [7, 11) is 1.82. The van der Waals surface area contributed by atoms with E-state index in [1.807, 2.05) is 7.11 Å². The van der Waals surface area contributed by atoms with Gasteiger partial charge in [0.2, 0.25) is 0 Å². The van der Waals surface area contributed by atoms with Crippen LogP contribution < -0.4 is 0 Å². The van der Waals surface area contributed by atoms with Crippen molar-refractivity contribution in [3.05, 3.63) is 86.7 Å².